The molecule has 0 unspecified atom stereocenters. The molecule has 0 saturated heterocycles. The molecular formula is C48H36O. The van der Waals surface area contributed by atoms with Crippen molar-refractivity contribution >= 4 is 21.9 Å². The van der Waals surface area contributed by atoms with Gasteiger partial charge < -0.3 is 4.42 Å². The first kappa shape index (κ1) is 24.5. The number of furan rings is 1. The normalized spacial score (nSPS) is 18.0. The van der Waals surface area contributed by atoms with Gasteiger partial charge in [-0.1, -0.05) is 128 Å². The van der Waals surface area contributed by atoms with Gasteiger partial charge in [0.1, 0.15) is 11.2 Å². The average molecular weight is 633 g/mol. The van der Waals surface area contributed by atoms with Crippen LogP contribution in [0.4, 0.5) is 0 Å². The van der Waals surface area contributed by atoms with Crippen molar-refractivity contribution < 1.29 is 9.90 Å². The Balaban J connectivity index is 1.12. The lowest BCUT2D eigenvalue weighted by Gasteiger charge is -2.36. The van der Waals surface area contributed by atoms with E-state index in [1.165, 1.54) is 11.1 Å². The monoisotopic (exact) mass is 632 g/mol. The molecule has 10 rings (SSSR count). The molecular weight excluding hydrogens is 593 g/mol. The Kier molecular flexibility index (Phi) is 5.60. The largest absolute Gasteiger partial charge is 0.456 e. The van der Waals surface area contributed by atoms with E-state index in [0.717, 1.165) is 77.6 Å². The van der Waals surface area contributed by atoms with Crippen LogP contribution in [0.15, 0.2) is 162 Å². The smallest absolute Gasteiger partial charge is 0.135 e. The summed E-state index contributed by atoms with van der Waals surface area (Å²) < 4.78 is 43.9. The molecule has 8 aromatic rings. The molecule has 7 aromatic carbocycles. The van der Waals surface area contributed by atoms with E-state index >= 15 is 0 Å². The Morgan fingerprint density at radius 1 is 0.388 bits per heavy atom. The lowest BCUT2D eigenvalue weighted by molar-refractivity contribution is 0.353. The fraction of sp³-hybridized carbons (Fsp3) is 0.125. The molecule has 0 bridgehead atoms. The summed E-state index contributed by atoms with van der Waals surface area (Å²) in [6.45, 7) is 0. The van der Waals surface area contributed by atoms with E-state index in [4.69, 9.17) is 4.42 Å². The van der Waals surface area contributed by atoms with Crippen LogP contribution in [0.5, 0.6) is 0 Å². The highest BCUT2D eigenvalue weighted by atomic mass is 16.3. The summed E-state index contributed by atoms with van der Waals surface area (Å²) >= 11 is 0. The summed E-state index contributed by atoms with van der Waals surface area (Å²) in [6.07, 6.45) is -2.35. The molecule has 0 amide bonds. The first-order valence-electron chi connectivity index (χ1n) is 19.2. The zero-order valence-electron chi connectivity index (χ0n) is 31.0. The summed E-state index contributed by atoms with van der Waals surface area (Å²) in [5.41, 5.74) is 12.4. The molecule has 1 aromatic heterocycles. The summed E-state index contributed by atoms with van der Waals surface area (Å²) in [5, 5.41) is 2.03. The van der Waals surface area contributed by atoms with Crippen molar-refractivity contribution in [3.63, 3.8) is 0 Å². The number of benzene rings is 7. The van der Waals surface area contributed by atoms with E-state index < -0.39 is 18.2 Å². The van der Waals surface area contributed by atoms with Gasteiger partial charge in [0.15, 0.2) is 0 Å². The molecule has 0 radical (unpaired) electrons. The fourth-order valence-electron chi connectivity index (χ4n) is 8.07. The molecule has 1 fully saturated rings. The number of fused-ring (bicyclic) bond motifs is 8. The second-order valence-corrected chi connectivity index (χ2v) is 13.3. The minimum Gasteiger partial charge on any atom is -0.456 e. The van der Waals surface area contributed by atoms with E-state index in [1.54, 1.807) is 0 Å². The van der Waals surface area contributed by atoms with Crippen molar-refractivity contribution in [2.75, 3.05) is 0 Å². The van der Waals surface area contributed by atoms with Gasteiger partial charge in [-0.25, -0.2) is 0 Å². The van der Waals surface area contributed by atoms with Crippen LogP contribution in [0.1, 0.15) is 48.6 Å². The molecule has 1 saturated carbocycles. The van der Waals surface area contributed by atoms with Gasteiger partial charge in [0.25, 0.3) is 0 Å². The summed E-state index contributed by atoms with van der Waals surface area (Å²) in [7, 11) is 0. The van der Waals surface area contributed by atoms with Crippen LogP contribution >= 0.6 is 0 Å². The maximum atomic E-state index is 9.37. The molecule has 2 aliphatic carbocycles. The SMILES string of the molecule is [2H]C1([2H])CCCC([2H])([2H])C12c1ccccc1-c1ccc(-c3ccc4oc5ccc(-c6cc(-c7ccccc7)cc(-c7ccccc7)c6)cc5c4c3)cc12. The molecule has 1 heteroatoms. The summed E-state index contributed by atoms with van der Waals surface area (Å²) in [6, 6.07) is 54.5. The van der Waals surface area contributed by atoms with Gasteiger partial charge in [-0.3, -0.25) is 0 Å². The van der Waals surface area contributed by atoms with Gasteiger partial charge in [-0.2, -0.15) is 0 Å². The topological polar surface area (TPSA) is 13.1 Å². The van der Waals surface area contributed by atoms with Crippen molar-refractivity contribution in [2.45, 2.75) is 37.4 Å². The Bertz CT molecular complexity index is 2640. The van der Waals surface area contributed by atoms with Crippen LogP contribution < -0.4 is 0 Å². The Labute approximate surface area is 293 Å². The van der Waals surface area contributed by atoms with Gasteiger partial charge >= 0.3 is 0 Å². The van der Waals surface area contributed by atoms with E-state index in [2.05, 4.69) is 115 Å². The van der Waals surface area contributed by atoms with E-state index in [0.29, 0.717) is 19.3 Å². The third-order valence-electron chi connectivity index (χ3n) is 10.5. The molecule has 1 spiro atoms. The minimum absolute atomic E-state index is 0.320. The van der Waals surface area contributed by atoms with Gasteiger partial charge in [0, 0.05) is 21.7 Å². The van der Waals surface area contributed by atoms with Crippen molar-refractivity contribution in [2.24, 2.45) is 0 Å². The highest BCUT2D eigenvalue weighted by Gasteiger charge is 2.43. The standard InChI is InChI=1S/C48H36O/c1-4-12-32(13-5-1)37-26-38(33-14-6-2-7-15-33)28-39(27-37)35-20-23-47-43(30-35)42-29-34(19-22-46(42)49-47)36-18-21-41-40-16-8-9-17-44(40)48(45(41)31-36)24-10-3-11-25-48/h1-2,4-9,12-23,26-31H,3,10-11,24-25H2/i24D2,25D2. The second kappa shape index (κ2) is 11.2. The average Bonchev–Trinajstić information content (AvgIpc) is 3.71. The minimum atomic E-state index is -1.76. The Morgan fingerprint density at radius 2 is 0.878 bits per heavy atom. The molecule has 0 aliphatic heterocycles. The zero-order valence-corrected chi connectivity index (χ0v) is 27.0. The van der Waals surface area contributed by atoms with Crippen molar-refractivity contribution in [1.82, 2.24) is 0 Å². The molecule has 49 heavy (non-hydrogen) atoms. The first-order valence-corrected chi connectivity index (χ1v) is 17.2. The van der Waals surface area contributed by atoms with Crippen LogP contribution in [-0.4, -0.2) is 0 Å². The van der Waals surface area contributed by atoms with Crippen LogP contribution in [0, 0.1) is 0 Å². The Hall–Kier alpha value is -5.66. The van der Waals surface area contributed by atoms with Crippen molar-refractivity contribution in [3.05, 3.63) is 169 Å². The maximum absolute atomic E-state index is 9.37. The molecule has 2 aliphatic rings. The lowest BCUT2D eigenvalue weighted by Crippen LogP contribution is -2.28. The van der Waals surface area contributed by atoms with Crippen molar-refractivity contribution in [1.29, 1.82) is 0 Å². The van der Waals surface area contributed by atoms with Gasteiger partial charge in [-0.05, 0) is 128 Å². The summed E-state index contributed by atoms with van der Waals surface area (Å²) in [5.74, 6) is 0. The van der Waals surface area contributed by atoms with Gasteiger partial charge in [0.05, 0.1) is 0 Å². The fourth-order valence-corrected chi connectivity index (χ4v) is 8.07. The third kappa shape index (κ3) is 4.60. The van der Waals surface area contributed by atoms with E-state index in [9.17, 15) is 5.48 Å². The van der Waals surface area contributed by atoms with Crippen LogP contribution in [0.25, 0.3) is 77.6 Å². The van der Waals surface area contributed by atoms with Crippen LogP contribution in [0.3, 0.4) is 0 Å². The van der Waals surface area contributed by atoms with E-state index in [1.807, 2.05) is 42.5 Å². The molecule has 1 nitrogen and oxygen atoms in total. The van der Waals surface area contributed by atoms with Crippen molar-refractivity contribution in [3.8, 4) is 55.6 Å². The highest BCUT2D eigenvalue weighted by Crippen LogP contribution is 2.56. The van der Waals surface area contributed by atoms with Crippen LogP contribution in [-0.2, 0) is 5.41 Å². The first-order chi connectivity index (χ1) is 25.7. The van der Waals surface area contributed by atoms with Gasteiger partial charge in [0.2, 0.25) is 0 Å². The molecule has 234 valence electrons. The molecule has 0 atom stereocenters. The number of hydrogen-bond donors (Lipinski definition) is 0. The number of hydrogen-bond acceptors (Lipinski definition) is 1. The lowest BCUT2D eigenvalue weighted by atomic mass is 9.67. The van der Waals surface area contributed by atoms with Crippen LogP contribution in [0.2, 0.25) is 0 Å². The predicted octanol–water partition coefficient (Wildman–Crippen LogP) is 13.5. The summed E-state index contributed by atoms with van der Waals surface area (Å²) in [4.78, 5) is 0. The third-order valence-corrected chi connectivity index (χ3v) is 10.5. The number of rotatable bonds is 4. The zero-order chi connectivity index (χ0) is 36.0. The van der Waals surface area contributed by atoms with E-state index in [-0.39, 0.29) is 0 Å². The molecule has 1 heterocycles. The van der Waals surface area contributed by atoms with Gasteiger partial charge in [-0.15, -0.1) is 0 Å². The quantitative estimate of drug-likeness (QED) is 0.188. The predicted molar refractivity (Wildman–Crippen MR) is 205 cm³/mol. The highest BCUT2D eigenvalue weighted by molar-refractivity contribution is 6.08. The Morgan fingerprint density at radius 3 is 1.51 bits per heavy atom. The second-order valence-electron chi connectivity index (χ2n) is 13.3. The maximum Gasteiger partial charge on any atom is 0.135 e. The molecule has 0 N–H and O–H groups in total.